The number of nitrogens with one attached hydrogen (secondary N) is 1. The zero-order chi connectivity index (χ0) is 15.4. The van der Waals surface area contributed by atoms with Gasteiger partial charge in [0, 0.05) is 14.0 Å². The van der Waals surface area contributed by atoms with Crippen LogP contribution in [0.25, 0.3) is 0 Å². The molecule has 0 fully saturated rings. The van der Waals surface area contributed by atoms with Gasteiger partial charge in [0.25, 0.3) is 0 Å². The third kappa shape index (κ3) is 4.20. The molecule has 0 spiro atoms. The first kappa shape index (κ1) is 16.8. The van der Waals surface area contributed by atoms with E-state index in [1.807, 2.05) is 36.4 Å². The van der Waals surface area contributed by atoms with E-state index in [2.05, 4.69) is 37.3 Å². The van der Waals surface area contributed by atoms with E-state index in [4.69, 9.17) is 22.2 Å². The molecule has 21 heavy (non-hydrogen) atoms. The molecule has 2 aromatic carbocycles. The van der Waals surface area contributed by atoms with Gasteiger partial charge in [-0.15, -0.1) is 0 Å². The van der Waals surface area contributed by atoms with Crippen LogP contribution < -0.4 is 16.0 Å². The van der Waals surface area contributed by atoms with Crippen LogP contribution in [0.15, 0.2) is 45.3 Å². The molecule has 1 atom stereocenters. The summed E-state index contributed by atoms with van der Waals surface area (Å²) in [5.41, 5.74) is 5.02. The summed E-state index contributed by atoms with van der Waals surface area (Å²) in [7, 11) is 1.65. The molecule has 0 aliphatic rings. The number of hydrogen-bond acceptors (Lipinski definition) is 3. The monoisotopic (exact) mass is 432 g/mol. The number of methoxy groups -OCH3 is 1. The van der Waals surface area contributed by atoms with Crippen LogP contribution in [0.5, 0.6) is 5.75 Å². The van der Waals surface area contributed by atoms with Crippen LogP contribution >= 0.6 is 43.5 Å². The standard InChI is InChI=1S/C15H15Br2ClN2O/c1-21-11-3-5-13(16)9(6-11)7-15(20-19)12-4-2-10(18)8-14(12)17/h2-6,8,15,20H,7,19H2,1H3. The van der Waals surface area contributed by atoms with Crippen LogP contribution in [0, 0.1) is 0 Å². The Labute approximate surface area is 146 Å². The van der Waals surface area contributed by atoms with Crippen LogP contribution in [0.3, 0.4) is 0 Å². The minimum Gasteiger partial charge on any atom is -0.497 e. The Hall–Kier alpha value is -0.590. The van der Waals surface area contributed by atoms with E-state index in [1.165, 1.54) is 0 Å². The number of nitrogens with two attached hydrogens (primary N) is 1. The van der Waals surface area contributed by atoms with Gasteiger partial charge in [-0.1, -0.05) is 49.5 Å². The number of halogens is 3. The molecule has 3 N–H and O–H groups in total. The van der Waals surface area contributed by atoms with E-state index in [1.54, 1.807) is 7.11 Å². The molecular formula is C15H15Br2ClN2O. The van der Waals surface area contributed by atoms with Gasteiger partial charge in [0.15, 0.2) is 0 Å². The maximum atomic E-state index is 5.98. The highest BCUT2D eigenvalue weighted by atomic mass is 79.9. The third-order valence-electron chi connectivity index (χ3n) is 3.22. The van der Waals surface area contributed by atoms with Crippen LogP contribution in [-0.4, -0.2) is 7.11 Å². The van der Waals surface area contributed by atoms with Gasteiger partial charge in [-0.05, 0) is 47.9 Å². The van der Waals surface area contributed by atoms with Crippen LogP contribution in [0.4, 0.5) is 0 Å². The molecule has 0 radical (unpaired) electrons. The van der Waals surface area contributed by atoms with Crippen molar-refractivity contribution >= 4 is 43.5 Å². The fraction of sp³-hybridized carbons (Fsp3) is 0.200. The van der Waals surface area contributed by atoms with E-state index < -0.39 is 0 Å². The Morgan fingerprint density at radius 2 is 1.95 bits per heavy atom. The third-order valence-corrected chi connectivity index (χ3v) is 4.91. The molecule has 0 bridgehead atoms. The number of hydrazine groups is 1. The van der Waals surface area contributed by atoms with Crippen LogP contribution in [0.2, 0.25) is 5.02 Å². The molecule has 6 heteroatoms. The minimum atomic E-state index is -0.0416. The van der Waals surface area contributed by atoms with Crippen molar-refractivity contribution in [2.24, 2.45) is 5.84 Å². The van der Waals surface area contributed by atoms with Crippen LogP contribution in [-0.2, 0) is 6.42 Å². The summed E-state index contributed by atoms with van der Waals surface area (Å²) in [4.78, 5) is 0. The largest absolute Gasteiger partial charge is 0.497 e. The van der Waals surface area contributed by atoms with Gasteiger partial charge < -0.3 is 4.74 Å². The zero-order valence-corrected chi connectivity index (χ0v) is 15.3. The molecule has 0 amide bonds. The quantitative estimate of drug-likeness (QED) is 0.533. The predicted molar refractivity (Wildman–Crippen MR) is 93.6 cm³/mol. The van der Waals surface area contributed by atoms with Crippen molar-refractivity contribution in [2.45, 2.75) is 12.5 Å². The minimum absolute atomic E-state index is 0.0416. The molecule has 1 unspecified atom stereocenters. The van der Waals surface area contributed by atoms with Crippen molar-refractivity contribution in [1.29, 1.82) is 0 Å². The molecule has 0 aromatic heterocycles. The number of ether oxygens (including phenoxy) is 1. The van der Waals surface area contributed by atoms with Crippen molar-refractivity contribution in [2.75, 3.05) is 7.11 Å². The Morgan fingerprint density at radius 3 is 2.57 bits per heavy atom. The Morgan fingerprint density at radius 1 is 1.19 bits per heavy atom. The Bertz CT molecular complexity index is 637. The second kappa shape index (κ2) is 7.61. The number of hydrogen-bond donors (Lipinski definition) is 2. The van der Waals surface area contributed by atoms with E-state index in [0.29, 0.717) is 11.4 Å². The first-order chi connectivity index (χ1) is 10.0. The summed E-state index contributed by atoms with van der Waals surface area (Å²) >= 11 is 13.1. The second-order valence-corrected chi connectivity index (χ2v) is 6.69. The molecule has 0 saturated carbocycles. The lowest BCUT2D eigenvalue weighted by molar-refractivity contribution is 0.413. The van der Waals surface area contributed by atoms with Crippen molar-refractivity contribution < 1.29 is 4.74 Å². The SMILES string of the molecule is COc1ccc(Br)c(CC(NN)c2ccc(Cl)cc2Br)c1. The van der Waals surface area contributed by atoms with E-state index in [-0.39, 0.29) is 6.04 Å². The Kier molecular flexibility index (Phi) is 6.08. The number of rotatable bonds is 5. The molecule has 0 aliphatic carbocycles. The van der Waals surface area contributed by atoms with Gasteiger partial charge in [-0.3, -0.25) is 11.3 Å². The topological polar surface area (TPSA) is 47.3 Å². The van der Waals surface area contributed by atoms with E-state index >= 15 is 0 Å². The molecule has 2 aromatic rings. The smallest absolute Gasteiger partial charge is 0.119 e. The highest BCUT2D eigenvalue weighted by Gasteiger charge is 2.16. The highest BCUT2D eigenvalue weighted by Crippen LogP contribution is 2.31. The molecule has 0 saturated heterocycles. The van der Waals surface area contributed by atoms with Gasteiger partial charge >= 0.3 is 0 Å². The van der Waals surface area contributed by atoms with Crippen molar-refractivity contribution in [3.63, 3.8) is 0 Å². The highest BCUT2D eigenvalue weighted by molar-refractivity contribution is 9.10. The van der Waals surface area contributed by atoms with Gasteiger partial charge in [0.1, 0.15) is 5.75 Å². The van der Waals surface area contributed by atoms with E-state index in [0.717, 1.165) is 25.8 Å². The number of benzene rings is 2. The summed E-state index contributed by atoms with van der Waals surface area (Å²) in [6.45, 7) is 0. The van der Waals surface area contributed by atoms with Gasteiger partial charge in [0.05, 0.1) is 13.2 Å². The van der Waals surface area contributed by atoms with Gasteiger partial charge in [-0.25, -0.2) is 0 Å². The lowest BCUT2D eigenvalue weighted by atomic mass is 9.99. The summed E-state index contributed by atoms with van der Waals surface area (Å²) in [5.74, 6) is 6.55. The molecule has 112 valence electrons. The summed E-state index contributed by atoms with van der Waals surface area (Å²) in [6.07, 6.45) is 0.717. The summed E-state index contributed by atoms with van der Waals surface area (Å²) < 4.78 is 7.22. The van der Waals surface area contributed by atoms with Crippen molar-refractivity contribution in [3.05, 3.63) is 61.5 Å². The maximum absolute atomic E-state index is 5.98. The first-order valence-corrected chi connectivity index (χ1v) is 8.25. The van der Waals surface area contributed by atoms with E-state index in [9.17, 15) is 0 Å². The average Bonchev–Trinajstić information content (AvgIpc) is 2.47. The van der Waals surface area contributed by atoms with Crippen LogP contribution in [0.1, 0.15) is 17.2 Å². The summed E-state index contributed by atoms with van der Waals surface area (Å²) in [5, 5.41) is 0.684. The molecule has 2 rings (SSSR count). The lowest BCUT2D eigenvalue weighted by Crippen LogP contribution is -2.30. The van der Waals surface area contributed by atoms with Crippen molar-refractivity contribution in [1.82, 2.24) is 5.43 Å². The predicted octanol–water partition coefficient (Wildman–Crippen LogP) is 4.62. The van der Waals surface area contributed by atoms with Gasteiger partial charge in [0.2, 0.25) is 0 Å². The summed E-state index contributed by atoms with van der Waals surface area (Å²) in [6, 6.07) is 11.5. The fourth-order valence-electron chi connectivity index (χ4n) is 2.10. The average molecular weight is 435 g/mol. The first-order valence-electron chi connectivity index (χ1n) is 6.28. The molecule has 0 heterocycles. The molecule has 3 nitrogen and oxygen atoms in total. The normalized spacial score (nSPS) is 12.2. The lowest BCUT2D eigenvalue weighted by Gasteiger charge is -2.19. The maximum Gasteiger partial charge on any atom is 0.119 e. The fourth-order valence-corrected chi connectivity index (χ4v) is 3.46. The molecule has 0 aliphatic heterocycles. The van der Waals surface area contributed by atoms with Crippen molar-refractivity contribution in [3.8, 4) is 5.75 Å². The van der Waals surface area contributed by atoms with Gasteiger partial charge in [-0.2, -0.15) is 0 Å². The second-order valence-electron chi connectivity index (χ2n) is 4.55. The Balaban J connectivity index is 2.30. The zero-order valence-electron chi connectivity index (χ0n) is 11.4. The molecular weight excluding hydrogens is 419 g/mol.